The number of nitrogens with zero attached hydrogens (tertiary/aromatic N) is 1. The van der Waals surface area contributed by atoms with Gasteiger partial charge in [-0.1, -0.05) is 13.8 Å². The van der Waals surface area contributed by atoms with E-state index < -0.39 is 0 Å². The van der Waals surface area contributed by atoms with Gasteiger partial charge in [0.05, 0.1) is 6.04 Å². The van der Waals surface area contributed by atoms with Crippen molar-refractivity contribution >= 4 is 5.78 Å². The normalized spacial score (nSPS) is 35.6. The van der Waals surface area contributed by atoms with E-state index in [2.05, 4.69) is 18.7 Å². The van der Waals surface area contributed by atoms with E-state index in [4.69, 9.17) is 0 Å². The number of carbonyl (C=O) groups excluding carboxylic acids is 1. The van der Waals surface area contributed by atoms with Gasteiger partial charge < -0.3 is 5.11 Å². The largest absolute Gasteiger partial charge is 0.508 e. The van der Waals surface area contributed by atoms with Crippen molar-refractivity contribution in [1.29, 1.82) is 0 Å². The van der Waals surface area contributed by atoms with Gasteiger partial charge in [-0.2, -0.15) is 0 Å². The van der Waals surface area contributed by atoms with Crippen molar-refractivity contribution in [3.8, 4) is 5.75 Å². The molecule has 3 aliphatic rings. The van der Waals surface area contributed by atoms with Crippen LogP contribution in [0.2, 0.25) is 0 Å². The van der Waals surface area contributed by atoms with E-state index in [0.29, 0.717) is 5.92 Å². The SMILES string of the molecule is C[C@H]1C2C(=O)c3ccc(O)cc3[C@]1(C)CCN2CC1CC1. The highest BCUT2D eigenvalue weighted by atomic mass is 16.3. The van der Waals surface area contributed by atoms with Gasteiger partial charge in [-0.05, 0) is 66.8 Å². The van der Waals surface area contributed by atoms with Crippen LogP contribution in [0.5, 0.6) is 5.75 Å². The van der Waals surface area contributed by atoms with E-state index in [-0.39, 0.29) is 23.0 Å². The summed E-state index contributed by atoms with van der Waals surface area (Å²) in [6.07, 6.45) is 3.72. The van der Waals surface area contributed by atoms with Crippen LogP contribution in [-0.2, 0) is 5.41 Å². The fourth-order valence-electron chi connectivity index (χ4n) is 4.40. The Hall–Kier alpha value is -1.35. The average Bonchev–Trinajstić information content (AvgIpc) is 3.25. The zero-order valence-electron chi connectivity index (χ0n) is 12.8. The number of likely N-dealkylation sites (tertiary alicyclic amines) is 1. The van der Waals surface area contributed by atoms with Crippen molar-refractivity contribution in [2.24, 2.45) is 11.8 Å². The maximum atomic E-state index is 13.0. The lowest BCUT2D eigenvalue weighted by Gasteiger charge is -2.53. The second kappa shape index (κ2) is 4.33. The summed E-state index contributed by atoms with van der Waals surface area (Å²) in [6, 6.07) is 5.32. The van der Waals surface area contributed by atoms with Gasteiger partial charge in [0.15, 0.2) is 5.78 Å². The first-order chi connectivity index (χ1) is 10.0. The smallest absolute Gasteiger partial charge is 0.180 e. The van der Waals surface area contributed by atoms with Crippen LogP contribution in [0.4, 0.5) is 0 Å². The van der Waals surface area contributed by atoms with Gasteiger partial charge >= 0.3 is 0 Å². The molecule has 112 valence electrons. The first-order valence-corrected chi connectivity index (χ1v) is 8.12. The topological polar surface area (TPSA) is 40.5 Å². The quantitative estimate of drug-likeness (QED) is 0.908. The summed E-state index contributed by atoms with van der Waals surface area (Å²) in [6.45, 7) is 6.57. The molecule has 1 aromatic carbocycles. The van der Waals surface area contributed by atoms with Gasteiger partial charge in [0.25, 0.3) is 0 Å². The van der Waals surface area contributed by atoms with Gasteiger partial charge in [-0.25, -0.2) is 0 Å². The van der Waals surface area contributed by atoms with Gasteiger partial charge in [-0.15, -0.1) is 0 Å². The van der Waals surface area contributed by atoms with Gasteiger partial charge in [0.1, 0.15) is 5.75 Å². The van der Waals surface area contributed by atoms with Crippen LogP contribution in [0.25, 0.3) is 0 Å². The molecule has 1 unspecified atom stereocenters. The number of benzene rings is 1. The number of hydrogen-bond acceptors (Lipinski definition) is 3. The third kappa shape index (κ3) is 1.87. The average molecular weight is 285 g/mol. The number of piperidine rings is 1. The molecule has 2 bridgehead atoms. The van der Waals surface area contributed by atoms with Crippen molar-refractivity contribution < 1.29 is 9.90 Å². The van der Waals surface area contributed by atoms with Crippen LogP contribution < -0.4 is 0 Å². The highest BCUT2D eigenvalue weighted by Gasteiger charge is 2.52. The molecule has 2 fully saturated rings. The Morgan fingerprint density at radius 3 is 2.86 bits per heavy atom. The van der Waals surface area contributed by atoms with Crippen LogP contribution in [0.15, 0.2) is 18.2 Å². The fourth-order valence-corrected chi connectivity index (χ4v) is 4.40. The number of hydrogen-bond donors (Lipinski definition) is 1. The molecule has 1 heterocycles. The van der Waals surface area contributed by atoms with Gasteiger partial charge in [0, 0.05) is 12.1 Å². The maximum absolute atomic E-state index is 13.0. The Morgan fingerprint density at radius 1 is 1.38 bits per heavy atom. The summed E-state index contributed by atoms with van der Waals surface area (Å²) < 4.78 is 0. The van der Waals surface area contributed by atoms with Crippen molar-refractivity contribution in [3.05, 3.63) is 29.3 Å². The molecule has 1 aromatic rings. The monoisotopic (exact) mass is 285 g/mol. The fraction of sp³-hybridized carbons (Fsp3) is 0.611. The molecule has 0 amide bonds. The Balaban J connectivity index is 1.79. The summed E-state index contributed by atoms with van der Waals surface area (Å²) in [5.74, 6) is 1.66. The van der Waals surface area contributed by atoms with Crippen LogP contribution >= 0.6 is 0 Å². The molecule has 0 radical (unpaired) electrons. The molecule has 1 saturated heterocycles. The number of fused-ring (bicyclic) bond motifs is 4. The highest BCUT2D eigenvalue weighted by molar-refractivity contribution is 6.03. The van der Waals surface area contributed by atoms with Crippen LogP contribution in [0, 0.1) is 11.8 Å². The number of carbonyl (C=O) groups is 1. The number of Topliss-reactive ketones (excluding diaryl/α,β-unsaturated/α-hetero) is 1. The number of aromatic hydroxyl groups is 1. The van der Waals surface area contributed by atoms with E-state index in [1.807, 2.05) is 12.1 Å². The minimum atomic E-state index is 0.00665. The summed E-state index contributed by atoms with van der Waals surface area (Å²) >= 11 is 0. The Morgan fingerprint density at radius 2 is 2.14 bits per heavy atom. The zero-order chi connectivity index (χ0) is 14.8. The molecule has 2 aliphatic carbocycles. The number of ketones is 1. The minimum absolute atomic E-state index is 0.00665. The Labute approximate surface area is 126 Å². The van der Waals surface area contributed by atoms with E-state index >= 15 is 0 Å². The molecule has 21 heavy (non-hydrogen) atoms. The van der Waals surface area contributed by atoms with Gasteiger partial charge in [0.2, 0.25) is 0 Å². The Bertz CT molecular complexity index is 607. The van der Waals surface area contributed by atoms with Crippen molar-refractivity contribution in [2.45, 2.75) is 44.6 Å². The predicted octanol–water partition coefficient (Wildman–Crippen LogP) is 2.97. The zero-order valence-corrected chi connectivity index (χ0v) is 12.8. The summed E-state index contributed by atoms with van der Waals surface area (Å²) in [7, 11) is 0. The molecule has 3 nitrogen and oxygen atoms in total. The third-order valence-electron chi connectivity index (χ3n) is 6.13. The lowest BCUT2D eigenvalue weighted by atomic mass is 9.58. The van der Waals surface area contributed by atoms with Gasteiger partial charge in [-0.3, -0.25) is 9.69 Å². The molecule has 3 atom stereocenters. The predicted molar refractivity (Wildman–Crippen MR) is 81.7 cm³/mol. The van der Waals surface area contributed by atoms with E-state index in [9.17, 15) is 9.90 Å². The number of phenolic OH excluding ortho intramolecular Hbond substituents is 1. The molecular weight excluding hydrogens is 262 g/mol. The van der Waals surface area contributed by atoms with Crippen LogP contribution in [0.1, 0.15) is 49.0 Å². The highest BCUT2D eigenvalue weighted by Crippen LogP contribution is 2.49. The van der Waals surface area contributed by atoms with E-state index in [1.54, 1.807) is 6.07 Å². The van der Waals surface area contributed by atoms with E-state index in [1.165, 1.54) is 12.8 Å². The minimum Gasteiger partial charge on any atom is -0.508 e. The van der Waals surface area contributed by atoms with Crippen LogP contribution in [-0.4, -0.2) is 34.9 Å². The maximum Gasteiger partial charge on any atom is 0.180 e. The molecule has 1 aliphatic heterocycles. The summed E-state index contributed by atoms with van der Waals surface area (Å²) in [5.41, 5.74) is 1.90. The first kappa shape index (κ1) is 13.3. The van der Waals surface area contributed by atoms with Crippen molar-refractivity contribution in [3.63, 3.8) is 0 Å². The second-order valence-corrected chi connectivity index (χ2v) is 7.43. The Kier molecular flexibility index (Phi) is 2.74. The molecule has 0 spiro atoms. The molecule has 4 rings (SSSR count). The summed E-state index contributed by atoms with van der Waals surface area (Å²) in [5, 5.41) is 9.83. The molecule has 3 heteroatoms. The second-order valence-electron chi connectivity index (χ2n) is 7.43. The van der Waals surface area contributed by atoms with E-state index in [0.717, 1.165) is 36.6 Å². The standard InChI is InChI=1S/C18H23NO2/c1-11-16-17(21)14-6-5-13(20)9-15(14)18(11,2)7-8-19(16)10-12-3-4-12/h5-6,9,11-12,16,20H,3-4,7-8,10H2,1-2H3/t11-,16?,18+/m0/s1. The molecule has 1 saturated carbocycles. The molecule has 1 N–H and O–H groups in total. The third-order valence-corrected chi connectivity index (χ3v) is 6.13. The first-order valence-electron chi connectivity index (χ1n) is 8.12. The number of rotatable bonds is 2. The van der Waals surface area contributed by atoms with Crippen molar-refractivity contribution in [2.75, 3.05) is 13.1 Å². The number of phenols is 1. The van der Waals surface area contributed by atoms with Crippen LogP contribution in [0.3, 0.4) is 0 Å². The molecule has 0 aromatic heterocycles. The lowest BCUT2D eigenvalue weighted by molar-refractivity contribution is 0.0265. The summed E-state index contributed by atoms with van der Waals surface area (Å²) in [4.78, 5) is 15.4. The molecular formula is C18H23NO2. The van der Waals surface area contributed by atoms with Crippen molar-refractivity contribution in [1.82, 2.24) is 4.90 Å². The lowest BCUT2D eigenvalue weighted by Crippen LogP contribution is -2.61.